The largest absolute Gasteiger partial charge is 0.265 e. The maximum atomic E-state index is 4.29. The van der Waals surface area contributed by atoms with Crippen molar-refractivity contribution in [2.45, 2.75) is 0 Å². The van der Waals surface area contributed by atoms with Gasteiger partial charge in [-0.1, -0.05) is 24.3 Å². The summed E-state index contributed by atoms with van der Waals surface area (Å²) in [6.07, 6.45) is 7.46. The first kappa shape index (κ1) is 14.2. The summed E-state index contributed by atoms with van der Waals surface area (Å²) in [7, 11) is 0. The van der Waals surface area contributed by atoms with Gasteiger partial charge in [0.2, 0.25) is 0 Å². The molecule has 0 N–H and O–H groups in total. The zero-order valence-electron chi connectivity index (χ0n) is 11.8. The molecule has 0 saturated heterocycles. The second kappa shape index (κ2) is 5.94. The van der Waals surface area contributed by atoms with Crippen molar-refractivity contribution < 1.29 is 0 Å². The molecule has 1 radical (unpaired) electrons. The topological polar surface area (TPSA) is 25.8 Å². The number of rotatable bonds is 1. The fourth-order valence-corrected chi connectivity index (χ4v) is 2.72. The smallest absolute Gasteiger partial charge is 0.0352 e. The molecule has 0 saturated carbocycles. The Bertz CT molecular complexity index is 904. The summed E-state index contributed by atoms with van der Waals surface area (Å²) in [4.78, 5) is 8.39. The molecule has 2 heterocycles. The molecule has 21 heavy (non-hydrogen) atoms. The van der Waals surface area contributed by atoms with Gasteiger partial charge in [0.05, 0.1) is 0 Å². The van der Waals surface area contributed by atoms with Crippen molar-refractivity contribution in [3.05, 3.63) is 73.3 Å². The molecule has 0 aliphatic rings. The zero-order chi connectivity index (χ0) is 13.4. The van der Waals surface area contributed by atoms with Crippen LogP contribution in [0.5, 0.6) is 0 Å². The van der Waals surface area contributed by atoms with Gasteiger partial charge in [-0.2, -0.15) is 0 Å². The molecule has 0 aliphatic carbocycles. The van der Waals surface area contributed by atoms with Crippen molar-refractivity contribution in [1.29, 1.82) is 0 Å². The van der Waals surface area contributed by atoms with Gasteiger partial charge in [-0.15, -0.1) is 0 Å². The second-order valence-corrected chi connectivity index (χ2v) is 4.80. The fraction of sp³-hybridized carbons (Fsp3) is 0. The molecule has 0 spiro atoms. The zero-order valence-corrected chi connectivity index (χ0v) is 13.8. The van der Waals surface area contributed by atoms with Crippen molar-refractivity contribution in [2.24, 2.45) is 0 Å². The summed E-state index contributed by atoms with van der Waals surface area (Å²) in [6, 6.07) is 16.8. The molecule has 0 atom stereocenters. The average molecular weight is 279 g/mol. The fourth-order valence-electron chi connectivity index (χ4n) is 2.72. The van der Waals surface area contributed by atoms with Crippen LogP contribution in [0, 0.1) is 0 Å². The third-order valence-electron chi connectivity index (χ3n) is 3.65. The Hall–Kier alpha value is -1.74. The van der Waals surface area contributed by atoms with Gasteiger partial charge < -0.3 is 0 Å². The maximum Gasteiger partial charge on any atom is 0.0352 e. The number of hydrogen-bond acceptors (Lipinski definition) is 2. The Balaban J connectivity index is 0.00000132. The van der Waals surface area contributed by atoms with Crippen molar-refractivity contribution in [3.63, 3.8) is 0 Å². The molecule has 0 unspecified atom stereocenters. The van der Waals surface area contributed by atoms with E-state index >= 15 is 0 Å². The Morgan fingerprint density at radius 3 is 2.29 bits per heavy atom. The number of hydrogen-bond donors (Lipinski definition) is 0. The first-order chi connectivity index (χ1) is 9.93. The SMILES string of the molecule is [Na].c1ccc2c(c1)cc(-c1ccncc1)c1ccncc12. The summed E-state index contributed by atoms with van der Waals surface area (Å²) in [5.41, 5.74) is 2.41. The van der Waals surface area contributed by atoms with E-state index in [1.807, 2.05) is 36.9 Å². The van der Waals surface area contributed by atoms with Crippen LogP contribution in [0.25, 0.3) is 32.7 Å². The van der Waals surface area contributed by atoms with Crippen molar-refractivity contribution in [2.75, 3.05) is 0 Å². The van der Waals surface area contributed by atoms with Gasteiger partial charge in [-0.05, 0) is 51.6 Å². The molecule has 2 nitrogen and oxygen atoms in total. The molecule has 0 aliphatic heterocycles. The van der Waals surface area contributed by atoms with Gasteiger partial charge in [-0.25, -0.2) is 0 Å². The summed E-state index contributed by atoms with van der Waals surface area (Å²) in [6.45, 7) is 0. The van der Waals surface area contributed by atoms with E-state index in [-0.39, 0.29) is 29.6 Å². The summed E-state index contributed by atoms with van der Waals surface area (Å²) in [5, 5.41) is 4.90. The molecule has 4 rings (SSSR count). The molecular formula is C18H12N2Na. The summed E-state index contributed by atoms with van der Waals surface area (Å²) in [5.74, 6) is 0. The number of pyridine rings is 2. The van der Waals surface area contributed by atoms with Crippen LogP contribution in [-0.4, -0.2) is 39.5 Å². The average Bonchev–Trinajstić information content (AvgIpc) is 2.55. The van der Waals surface area contributed by atoms with Gasteiger partial charge in [-0.3, -0.25) is 9.97 Å². The molecule has 2 aromatic carbocycles. The first-order valence-corrected chi connectivity index (χ1v) is 6.59. The molecule has 0 bridgehead atoms. The van der Waals surface area contributed by atoms with Gasteiger partial charge in [0, 0.05) is 59.7 Å². The molecule has 0 fully saturated rings. The predicted molar refractivity (Wildman–Crippen MR) is 88.2 cm³/mol. The van der Waals surface area contributed by atoms with E-state index in [2.05, 4.69) is 46.4 Å². The summed E-state index contributed by atoms with van der Waals surface area (Å²) >= 11 is 0. The minimum Gasteiger partial charge on any atom is -0.265 e. The third-order valence-corrected chi connectivity index (χ3v) is 3.65. The third kappa shape index (κ3) is 2.46. The summed E-state index contributed by atoms with van der Waals surface area (Å²) < 4.78 is 0. The van der Waals surface area contributed by atoms with Gasteiger partial charge in [0.15, 0.2) is 0 Å². The molecular weight excluding hydrogens is 267 g/mol. The van der Waals surface area contributed by atoms with Crippen LogP contribution in [0.2, 0.25) is 0 Å². The predicted octanol–water partition coefficient (Wildman–Crippen LogP) is 4.07. The molecule has 4 aromatic rings. The van der Waals surface area contributed by atoms with Gasteiger partial charge in [0.25, 0.3) is 0 Å². The number of fused-ring (bicyclic) bond motifs is 3. The minimum atomic E-state index is 0. The van der Waals surface area contributed by atoms with E-state index in [1.54, 1.807) is 0 Å². The van der Waals surface area contributed by atoms with Gasteiger partial charge >= 0.3 is 0 Å². The van der Waals surface area contributed by atoms with Crippen LogP contribution in [-0.2, 0) is 0 Å². The first-order valence-electron chi connectivity index (χ1n) is 6.59. The Kier molecular flexibility index (Phi) is 4.02. The van der Waals surface area contributed by atoms with Crippen LogP contribution in [0.4, 0.5) is 0 Å². The molecule has 95 valence electrons. The van der Waals surface area contributed by atoms with Crippen molar-refractivity contribution in [1.82, 2.24) is 9.97 Å². The van der Waals surface area contributed by atoms with Crippen molar-refractivity contribution >= 4 is 51.1 Å². The van der Waals surface area contributed by atoms with Crippen LogP contribution < -0.4 is 0 Å². The Morgan fingerprint density at radius 2 is 1.43 bits per heavy atom. The van der Waals surface area contributed by atoms with E-state index < -0.39 is 0 Å². The molecule has 3 heteroatoms. The monoisotopic (exact) mass is 279 g/mol. The van der Waals surface area contributed by atoms with E-state index in [4.69, 9.17) is 0 Å². The second-order valence-electron chi connectivity index (χ2n) is 4.80. The molecule has 2 aromatic heterocycles. The van der Waals surface area contributed by atoms with Crippen molar-refractivity contribution in [3.8, 4) is 11.1 Å². The van der Waals surface area contributed by atoms with E-state index in [9.17, 15) is 0 Å². The van der Waals surface area contributed by atoms with E-state index in [0.29, 0.717) is 0 Å². The van der Waals surface area contributed by atoms with Gasteiger partial charge in [0.1, 0.15) is 0 Å². The number of aromatic nitrogens is 2. The Morgan fingerprint density at radius 1 is 0.667 bits per heavy atom. The standard InChI is InChI=1S/C18H12N2.Na/c1-2-4-15-14(3-1)11-17(13-5-8-19-9-6-13)16-7-10-20-12-18(15)16;/h1-12H;. The number of nitrogens with zero attached hydrogens (tertiary/aromatic N) is 2. The van der Waals surface area contributed by atoms with Crippen LogP contribution >= 0.6 is 0 Å². The quantitative estimate of drug-likeness (QED) is 0.388. The maximum absolute atomic E-state index is 4.29. The number of benzene rings is 2. The van der Waals surface area contributed by atoms with Crippen LogP contribution in [0.1, 0.15) is 0 Å². The molecule has 0 amide bonds. The van der Waals surface area contributed by atoms with Crippen LogP contribution in [0.3, 0.4) is 0 Å². The minimum absolute atomic E-state index is 0. The van der Waals surface area contributed by atoms with E-state index in [0.717, 1.165) is 0 Å². The Labute approximate surface area is 145 Å². The normalized spacial score (nSPS) is 10.5. The van der Waals surface area contributed by atoms with E-state index in [1.165, 1.54) is 32.7 Å². The van der Waals surface area contributed by atoms with Crippen LogP contribution in [0.15, 0.2) is 73.3 Å².